The summed E-state index contributed by atoms with van der Waals surface area (Å²) in [5.74, 6) is 0.658. The summed E-state index contributed by atoms with van der Waals surface area (Å²) < 4.78 is 2.41. The van der Waals surface area contributed by atoms with Crippen molar-refractivity contribution in [3.05, 3.63) is 18.2 Å². The van der Waals surface area contributed by atoms with Crippen molar-refractivity contribution >= 4 is 0 Å². The van der Waals surface area contributed by atoms with E-state index >= 15 is 0 Å². The smallest absolute Gasteiger partial charge is 0.0951 e. The molecule has 2 unspecified atom stereocenters. The lowest BCUT2D eigenvalue weighted by Crippen LogP contribution is -2.30. The molecule has 0 saturated carbocycles. The molecule has 96 valence electrons. The third-order valence-electron chi connectivity index (χ3n) is 4.20. The standard InChI is InChI=1S/C14H25N3/c1-5-12(11(2)3)17-10-16-8-13(17)14(4)6-7-15-9-14/h8,10-12,15H,5-7,9H2,1-4H3. The molecular formula is C14H25N3. The maximum absolute atomic E-state index is 4.40. The van der Waals surface area contributed by atoms with Gasteiger partial charge < -0.3 is 9.88 Å². The molecule has 0 bridgehead atoms. The quantitative estimate of drug-likeness (QED) is 0.869. The molecule has 3 heteroatoms. The maximum atomic E-state index is 4.40. The minimum Gasteiger partial charge on any atom is -0.331 e. The van der Waals surface area contributed by atoms with Crippen molar-refractivity contribution in [3.8, 4) is 0 Å². The number of aromatic nitrogens is 2. The number of hydrogen-bond acceptors (Lipinski definition) is 2. The van der Waals surface area contributed by atoms with Crippen molar-refractivity contribution in [1.29, 1.82) is 0 Å². The van der Waals surface area contributed by atoms with Crippen LogP contribution in [0.3, 0.4) is 0 Å². The van der Waals surface area contributed by atoms with Gasteiger partial charge in [0.05, 0.1) is 6.33 Å². The first-order chi connectivity index (χ1) is 8.08. The molecule has 0 aromatic carbocycles. The summed E-state index contributed by atoms with van der Waals surface area (Å²) in [6, 6.07) is 0.574. The summed E-state index contributed by atoms with van der Waals surface area (Å²) in [4.78, 5) is 4.40. The SMILES string of the molecule is CCC(C(C)C)n1cncc1C1(C)CCNC1. The molecule has 1 aromatic rings. The zero-order chi connectivity index (χ0) is 12.5. The van der Waals surface area contributed by atoms with Gasteiger partial charge in [0.15, 0.2) is 0 Å². The van der Waals surface area contributed by atoms with E-state index in [1.54, 1.807) is 0 Å². The van der Waals surface area contributed by atoms with Crippen LogP contribution in [-0.4, -0.2) is 22.6 Å². The van der Waals surface area contributed by atoms with Crippen LogP contribution in [0.25, 0.3) is 0 Å². The number of imidazole rings is 1. The monoisotopic (exact) mass is 235 g/mol. The second-order valence-electron chi connectivity index (χ2n) is 5.89. The number of rotatable bonds is 4. The summed E-state index contributed by atoms with van der Waals surface area (Å²) in [5.41, 5.74) is 1.67. The first-order valence-electron chi connectivity index (χ1n) is 6.81. The summed E-state index contributed by atoms with van der Waals surface area (Å²) in [5, 5.41) is 3.47. The van der Waals surface area contributed by atoms with Crippen LogP contribution in [0.2, 0.25) is 0 Å². The lowest BCUT2D eigenvalue weighted by Gasteiger charge is -2.30. The van der Waals surface area contributed by atoms with E-state index in [2.05, 4.69) is 48.8 Å². The maximum Gasteiger partial charge on any atom is 0.0951 e. The Hall–Kier alpha value is -0.830. The van der Waals surface area contributed by atoms with E-state index < -0.39 is 0 Å². The van der Waals surface area contributed by atoms with Crippen molar-refractivity contribution < 1.29 is 0 Å². The first-order valence-corrected chi connectivity index (χ1v) is 6.81. The Morgan fingerprint density at radius 2 is 2.29 bits per heavy atom. The third kappa shape index (κ3) is 2.25. The molecule has 0 amide bonds. The fraction of sp³-hybridized carbons (Fsp3) is 0.786. The predicted molar refractivity (Wildman–Crippen MR) is 71.2 cm³/mol. The van der Waals surface area contributed by atoms with Crippen LogP contribution < -0.4 is 5.32 Å². The number of nitrogens with zero attached hydrogens (tertiary/aromatic N) is 2. The lowest BCUT2D eigenvalue weighted by atomic mass is 9.85. The average molecular weight is 235 g/mol. The van der Waals surface area contributed by atoms with Crippen molar-refractivity contribution in [3.63, 3.8) is 0 Å². The van der Waals surface area contributed by atoms with Gasteiger partial charge in [-0.15, -0.1) is 0 Å². The molecule has 1 fully saturated rings. The molecule has 17 heavy (non-hydrogen) atoms. The fourth-order valence-electron chi connectivity index (χ4n) is 3.06. The van der Waals surface area contributed by atoms with Crippen LogP contribution in [0.15, 0.2) is 12.5 Å². The predicted octanol–water partition coefficient (Wildman–Crippen LogP) is 2.74. The van der Waals surface area contributed by atoms with Gasteiger partial charge in [-0.3, -0.25) is 0 Å². The van der Waals surface area contributed by atoms with Gasteiger partial charge in [-0.25, -0.2) is 4.98 Å². The highest BCUT2D eigenvalue weighted by Crippen LogP contribution is 2.33. The van der Waals surface area contributed by atoms with Crippen molar-refractivity contribution in [1.82, 2.24) is 14.9 Å². The van der Waals surface area contributed by atoms with E-state index in [0.717, 1.165) is 13.1 Å². The average Bonchev–Trinajstić information content (AvgIpc) is 2.88. The number of hydrogen-bond donors (Lipinski definition) is 1. The van der Waals surface area contributed by atoms with Crippen LogP contribution in [0.1, 0.15) is 52.3 Å². The third-order valence-corrected chi connectivity index (χ3v) is 4.20. The Morgan fingerprint density at radius 3 is 2.82 bits per heavy atom. The molecular weight excluding hydrogens is 210 g/mol. The molecule has 3 nitrogen and oxygen atoms in total. The van der Waals surface area contributed by atoms with Gasteiger partial charge in [0.1, 0.15) is 0 Å². The molecule has 2 atom stereocenters. The minimum atomic E-state index is 0.263. The van der Waals surface area contributed by atoms with Gasteiger partial charge in [0, 0.05) is 29.9 Å². The highest BCUT2D eigenvalue weighted by Gasteiger charge is 2.34. The topological polar surface area (TPSA) is 29.9 Å². The normalized spacial score (nSPS) is 26.6. The van der Waals surface area contributed by atoms with E-state index in [9.17, 15) is 0 Å². The minimum absolute atomic E-state index is 0.263. The molecule has 1 aromatic heterocycles. The molecule has 1 saturated heterocycles. The molecule has 2 rings (SSSR count). The molecule has 0 spiro atoms. The molecule has 1 aliphatic heterocycles. The van der Waals surface area contributed by atoms with Crippen LogP contribution >= 0.6 is 0 Å². The fourth-order valence-corrected chi connectivity index (χ4v) is 3.06. The van der Waals surface area contributed by atoms with Crippen molar-refractivity contribution in [2.45, 2.75) is 52.0 Å². The summed E-state index contributed by atoms with van der Waals surface area (Å²) in [6.45, 7) is 11.4. The van der Waals surface area contributed by atoms with Gasteiger partial charge in [0.25, 0.3) is 0 Å². The largest absolute Gasteiger partial charge is 0.331 e. The van der Waals surface area contributed by atoms with E-state index in [-0.39, 0.29) is 5.41 Å². The van der Waals surface area contributed by atoms with Crippen LogP contribution in [0.5, 0.6) is 0 Å². The molecule has 2 heterocycles. The highest BCUT2D eigenvalue weighted by atomic mass is 15.1. The molecule has 1 aliphatic rings. The summed E-state index contributed by atoms with van der Waals surface area (Å²) in [6.07, 6.45) is 6.48. The van der Waals surface area contributed by atoms with E-state index in [4.69, 9.17) is 0 Å². The zero-order valence-corrected chi connectivity index (χ0v) is 11.5. The molecule has 0 aliphatic carbocycles. The van der Waals surface area contributed by atoms with Gasteiger partial charge in [-0.1, -0.05) is 27.7 Å². The van der Waals surface area contributed by atoms with Crippen LogP contribution in [-0.2, 0) is 5.41 Å². The number of nitrogens with one attached hydrogen (secondary N) is 1. The Morgan fingerprint density at radius 1 is 1.53 bits per heavy atom. The second kappa shape index (κ2) is 4.81. The highest BCUT2D eigenvalue weighted by molar-refractivity contribution is 5.18. The zero-order valence-electron chi connectivity index (χ0n) is 11.5. The molecule has 0 radical (unpaired) electrons. The van der Waals surface area contributed by atoms with Gasteiger partial charge in [-0.05, 0) is 25.3 Å². The van der Waals surface area contributed by atoms with E-state index in [1.165, 1.54) is 18.5 Å². The first kappa shape index (κ1) is 12.6. The Bertz CT molecular complexity index is 361. The van der Waals surface area contributed by atoms with Gasteiger partial charge in [0.2, 0.25) is 0 Å². The Labute approximate surface area is 105 Å². The lowest BCUT2D eigenvalue weighted by molar-refractivity contribution is 0.336. The Kier molecular flexibility index (Phi) is 3.57. The summed E-state index contributed by atoms with van der Waals surface area (Å²) in [7, 11) is 0. The molecule has 1 N–H and O–H groups in total. The summed E-state index contributed by atoms with van der Waals surface area (Å²) >= 11 is 0. The van der Waals surface area contributed by atoms with Crippen molar-refractivity contribution in [2.24, 2.45) is 5.92 Å². The Balaban J connectivity index is 2.33. The van der Waals surface area contributed by atoms with E-state index in [1.807, 2.05) is 6.33 Å². The van der Waals surface area contributed by atoms with Gasteiger partial charge >= 0.3 is 0 Å². The van der Waals surface area contributed by atoms with Crippen molar-refractivity contribution in [2.75, 3.05) is 13.1 Å². The van der Waals surface area contributed by atoms with Crippen LogP contribution in [0.4, 0.5) is 0 Å². The van der Waals surface area contributed by atoms with Gasteiger partial charge in [-0.2, -0.15) is 0 Å². The van der Waals surface area contributed by atoms with Crippen LogP contribution in [0, 0.1) is 5.92 Å². The van der Waals surface area contributed by atoms with E-state index in [0.29, 0.717) is 12.0 Å². The second-order valence-corrected chi connectivity index (χ2v) is 5.89.